The molecular formula is C17H25N3. The average molecular weight is 271 g/mol. The summed E-state index contributed by atoms with van der Waals surface area (Å²) in [6.45, 7) is 0.567. The van der Waals surface area contributed by atoms with E-state index in [9.17, 15) is 0 Å². The molecule has 2 aliphatic carbocycles. The van der Waals surface area contributed by atoms with Gasteiger partial charge in [-0.3, -0.25) is 0 Å². The maximum Gasteiger partial charge on any atom is 0.127 e. The van der Waals surface area contributed by atoms with E-state index in [1.54, 1.807) is 0 Å². The van der Waals surface area contributed by atoms with Crippen LogP contribution in [0.5, 0.6) is 0 Å². The van der Waals surface area contributed by atoms with Gasteiger partial charge in [0.25, 0.3) is 0 Å². The van der Waals surface area contributed by atoms with Crippen LogP contribution in [0.2, 0.25) is 0 Å². The van der Waals surface area contributed by atoms with Crippen LogP contribution in [0.3, 0.4) is 0 Å². The predicted octanol–water partition coefficient (Wildman–Crippen LogP) is 3.80. The summed E-state index contributed by atoms with van der Waals surface area (Å²) in [6, 6.07) is 0. The van der Waals surface area contributed by atoms with Crippen LogP contribution in [0, 0.1) is 12.3 Å². The Hall–Kier alpha value is -1.43. The molecule has 0 saturated heterocycles. The first-order valence-electron chi connectivity index (χ1n) is 8.10. The highest BCUT2D eigenvalue weighted by molar-refractivity contribution is 5.42. The van der Waals surface area contributed by atoms with Crippen molar-refractivity contribution in [1.82, 2.24) is 9.55 Å². The Morgan fingerprint density at radius 1 is 1.05 bits per heavy atom. The van der Waals surface area contributed by atoms with Gasteiger partial charge in [0.05, 0.1) is 12.2 Å². The highest BCUT2D eigenvalue weighted by Gasteiger charge is 2.28. The van der Waals surface area contributed by atoms with Crippen LogP contribution in [-0.4, -0.2) is 9.55 Å². The van der Waals surface area contributed by atoms with E-state index in [0.29, 0.717) is 18.4 Å². The van der Waals surface area contributed by atoms with Crippen LogP contribution in [-0.2, 0) is 6.54 Å². The van der Waals surface area contributed by atoms with E-state index in [1.807, 2.05) is 0 Å². The number of hydrogen-bond donors (Lipinski definition) is 1. The summed E-state index contributed by atoms with van der Waals surface area (Å²) in [5.41, 5.74) is 7.52. The van der Waals surface area contributed by atoms with Gasteiger partial charge in [-0.15, -0.1) is 6.42 Å². The van der Waals surface area contributed by atoms with Gasteiger partial charge in [0.1, 0.15) is 11.6 Å². The van der Waals surface area contributed by atoms with Crippen molar-refractivity contribution >= 4 is 5.82 Å². The SMILES string of the molecule is C#CCn1c(C2CCCCC2)nc(C2CCCC2)c1N. The fourth-order valence-electron chi connectivity index (χ4n) is 3.93. The van der Waals surface area contributed by atoms with Gasteiger partial charge in [0, 0.05) is 11.8 Å². The van der Waals surface area contributed by atoms with Gasteiger partial charge in [0.2, 0.25) is 0 Å². The van der Waals surface area contributed by atoms with Crippen LogP contribution in [0.15, 0.2) is 0 Å². The lowest BCUT2D eigenvalue weighted by atomic mass is 9.88. The monoisotopic (exact) mass is 271 g/mol. The van der Waals surface area contributed by atoms with Crippen molar-refractivity contribution in [3.63, 3.8) is 0 Å². The number of terminal acetylenes is 1. The number of nitrogen functional groups attached to an aromatic ring is 1. The number of anilines is 1. The van der Waals surface area contributed by atoms with Crippen molar-refractivity contribution in [1.29, 1.82) is 0 Å². The number of hydrogen-bond acceptors (Lipinski definition) is 2. The van der Waals surface area contributed by atoms with Gasteiger partial charge in [0.15, 0.2) is 0 Å². The van der Waals surface area contributed by atoms with E-state index >= 15 is 0 Å². The standard InChI is InChI=1S/C17H25N3/c1-2-12-20-16(18)15(13-8-6-7-9-13)19-17(20)14-10-4-3-5-11-14/h1,13-14H,3-12,18H2. The van der Waals surface area contributed by atoms with Crippen molar-refractivity contribution in [2.45, 2.75) is 76.2 Å². The Balaban J connectivity index is 1.94. The van der Waals surface area contributed by atoms with E-state index in [-0.39, 0.29) is 0 Å². The summed E-state index contributed by atoms with van der Waals surface area (Å²) in [5, 5.41) is 0. The van der Waals surface area contributed by atoms with Gasteiger partial charge in [-0.1, -0.05) is 38.0 Å². The lowest BCUT2D eigenvalue weighted by Gasteiger charge is -2.21. The third-order valence-corrected chi connectivity index (χ3v) is 5.03. The molecule has 0 atom stereocenters. The zero-order valence-corrected chi connectivity index (χ0v) is 12.3. The molecule has 1 aromatic rings. The Bertz CT molecular complexity index is 497. The number of rotatable bonds is 3. The van der Waals surface area contributed by atoms with Gasteiger partial charge < -0.3 is 10.3 Å². The van der Waals surface area contributed by atoms with Crippen LogP contribution >= 0.6 is 0 Å². The number of nitrogens with zero attached hydrogens (tertiary/aromatic N) is 2. The normalized spacial score (nSPS) is 21.1. The highest BCUT2D eigenvalue weighted by Crippen LogP contribution is 2.40. The molecule has 2 N–H and O–H groups in total. The molecule has 0 bridgehead atoms. The van der Waals surface area contributed by atoms with E-state index in [2.05, 4.69) is 10.5 Å². The minimum atomic E-state index is 0.564. The Morgan fingerprint density at radius 2 is 1.65 bits per heavy atom. The first-order chi connectivity index (χ1) is 9.81. The topological polar surface area (TPSA) is 43.8 Å². The molecule has 0 aliphatic heterocycles. The molecule has 20 heavy (non-hydrogen) atoms. The summed E-state index contributed by atoms with van der Waals surface area (Å²) in [7, 11) is 0. The summed E-state index contributed by atoms with van der Waals surface area (Å²) >= 11 is 0. The van der Waals surface area contributed by atoms with Crippen LogP contribution in [0.25, 0.3) is 0 Å². The molecule has 2 saturated carbocycles. The maximum absolute atomic E-state index is 6.38. The molecule has 1 heterocycles. The van der Waals surface area contributed by atoms with Crippen molar-refractivity contribution in [3.8, 4) is 12.3 Å². The molecule has 0 aromatic carbocycles. The highest BCUT2D eigenvalue weighted by atomic mass is 15.1. The number of imidazole rings is 1. The van der Waals surface area contributed by atoms with Crippen molar-refractivity contribution < 1.29 is 0 Å². The fraction of sp³-hybridized carbons (Fsp3) is 0.706. The molecule has 108 valence electrons. The lowest BCUT2D eigenvalue weighted by Crippen LogP contribution is -2.13. The van der Waals surface area contributed by atoms with Crippen molar-refractivity contribution in [3.05, 3.63) is 11.5 Å². The average Bonchev–Trinajstić information content (AvgIpc) is 3.10. The molecular weight excluding hydrogens is 246 g/mol. The van der Waals surface area contributed by atoms with Gasteiger partial charge in [-0.25, -0.2) is 4.98 Å². The predicted molar refractivity (Wildman–Crippen MR) is 82.5 cm³/mol. The van der Waals surface area contributed by atoms with Gasteiger partial charge >= 0.3 is 0 Å². The smallest absolute Gasteiger partial charge is 0.127 e. The van der Waals surface area contributed by atoms with Gasteiger partial charge in [-0.2, -0.15) is 0 Å². The van der Waals surface area contributed by atoms with Crippen molar-refractivity contribution in [2.24, 2.45) is 0 Å². The molecule has 2 aliphatic rings. The molecule has 1 aromatic heterocycles. The fourth-order valence-corrected chi connectivity index (χ4v) is 3.93. The number of nitrogens with two attached hydrogens (primary N) is 1. The molecule has 3 rings (SSSR count). The van der Waals surface area contributed by atoms with Crippen molar-refractivity contribution in [2.75, 3.05) is 5.73 Å². The Labute approximate surface area is 122 Å². The third-order valence-electron chi connectivity index (χ3n) is 5.03. The summed E-state index contributed by atoms with van der Waals surface area (Å²) in [6.07, 6.45) is 17.1. The maximum atomic E-state index is 6.38. The quantitative estimate of drug-likeness (QED) is 0.850. The summed E-state index contributed by atoms with van der Waals surface area (Å²) in [4.78, 5) is 4.98. The molecule has 2 fully saturated rings. The molecule has 0 spiro atoms. The Kier molecular flexibility index (Phi) is 4.00. The minimum Gasteiger partial charge on any atom is -0.384 e. The first-order valence-corrected chi connectivity index (χ1v) is 8.10. The molecule has 0 amide bonds. The van der Waals surface area contributed by atoms with Crippen LogP contribution < -0.4 is 5.73 Å². The second-order valence-electron chi connectivity index (χ2n) is 6.35. The summed E-state index contributed by atoms with van der Waals surface area (Å²) in [5.74, 6) is 5.89. The van der Waals surface area contributed by atoms with Crippen LogP contribution in [0.4, 0.5) is 5.82 Å². The zero-order chi connectivity index (χ0) is 13.9. The van der Waals surface area contributed by atoms with Gasteiger partial charge in [-0.05, 0) is 25.7 Å². The zero-order valence-electron chi connectivity index (χ0n) is 12.3. The van der Waals surface area contributed by atoms with E-state index in [0.717, 1.165) is 11.5 Å². The molecule has 3 nitrogen and oxygen atoms in total. The Morgan fingerprint density at radius 3 is 2.30 bits per heavy atom. The first kappa shape index (κ1) is 13.5. The van der Waals surface area contributed by atoms with E-state index in [1.165, 1.54) is 63.6 Å². The minimum absolute atomic E-state index is 0.564. The number of aromatic nitrogens is 2. The molecule has 3 heteroatoms. The molecule has 0 unspecified atom stereocenters. The lowest BCUT2D eigenvalue weighted by molar-refractivity contribution is 0.419. The third kappa shape index (κ3) is 2.44. The second kappa shape index (κ2) is 5.91. The summed E-state index contributed by atoms with van der Waals surface area (Å²) < 4.78 is 2.11. The second-order valence-corrected chi connectivity index (χ2v) is 6.35. The van der Waals surface area contributed by atoms with E-state index in [4.69, 9.17) is 17.1 Å². The molecule has 0 radical (unpaired) electrons. The largest absolute Gasteiger partial charge is 0.384 e. The van der Waals surface area contributed by atoms with E-state index < -0.39 is 0 Å². The van der Waals surface area contributed by atoms with Crippen LogP contribution in [0.1, 0.15) is 81.1 Å².